The number of aryl methyl sites for hydroxylation is 2. The van der Waals surface area contributed by atoms with E-state index in [1.54, 1.807) is 7.05 Å². The maximum absolute atomic E-state index is 12.2. The third-order valence-corrected chi connectivity index (χ3v) is 3.50. The Balaban J connectivity index is 0.00000288. The van der Waals surface area contributed by atoms with Gasteiger partial charge in [-0.2, -0.15) is 5.10 Å². The smallest absolute Gasteiger partial charge is 0.191 e. The van der Waals surface area contributed by atoms with E-state index in [-0.39, 0.29) is 30.7 Å². The zero-order chi connectivity index (χ0) is 16.7. The van der Waals surface area contributed by atoms with Gasteiger partial charge >= 0.3 is 0 Å². The maximum atomic E-state index is 12.2. The third kappa shape index (κ3) is 5.47. The van der Waals surface area contributed by atoms with E-state index in [1.807, 2.05) is 30.7 Å². The highest BCUT2D eigenvalue weighted by Gasteiger charge is 2.09. The molecule has 5 nitrogen and oxygen atoms in total. The molecule has 0 saturated carbocycles. The highest BCUT2D eigenvalue weighted by molar-refractivity contribution is 14.0. The first kappa shape index (κ1) is 20.4. The lowest BCUT2D eigenvalue weighted by atomic mass is 10.1. The Morgan fingerprint density at radius 2 is 2.00 bits per heavy atom. The molecule has 2 N–H and O–H groups in total. The summed E-state index contributed by atoms with van der Waals surface area (Å²) in [5.74, 6) is 0.668. The van der Waals surface area contributed by atoms with Crippen LogP contribution in [0.2, 0.25) is 0 Å². The number of guanidine groups is 1. The molecule has 132 valence electrons. The van der Waals surface area contributed by atoms with E-state index in [4.69, 9.17) is 0 Å². The van der Waals surface area contributed by atoms with E-state index >= 15 is 0 Å². The molecule has 1 heterocycles. The summed E-state index contributed by atoms with van der Waals surface area (Å²) in [7, 11) is 1.71. The van der Waals surface area contributed by atoms with Crippen molar-refractivity contribution in [1.82, 2.24) is 20.4 Å². The molecule has 2 rings (SSSR count). The number of hydrogen-bond donors (Lipinski definition) is 2. The average Bonchev–Trinajstić information content (AvgIpc) is 2.89. The number of alkyl halides is 1. The van der Waals surface area contributed by atoms with Gasteiger partial charge in [0.15, 0.2) is 5.96 Å². The van der Waals surface area contributed by atoms with E-state index in [1.165, 1.54) is 0 Å². The summed E-state index contributed by atoms with van der Waals surface area (Å²) in [4.78, 5) is 4.15. The van der Waals surface area contributed by atoms with Crippen LogP contribution in [0.1, 0.15) is 23.4 Å². The Kier molecular flexibility index (Phi) is 8.73. The van der Waals surface area contributed by atoms with Crippen LogP contribution in [0.15, 0.2) is 35.3 Å². The van der Waals surface area contributed by atoms with Gasteiger partial charge in [-0.3, -0.25) is 9.38 Å². The van der Waals surface area contributed by atoms with Crippen molar-refractivity contribution in [2.75, 3.05) is 20.3 Å². The predicted molar refractivity (Wildman–Crippen MR) is 107 cm³/mol. The summed E-state index contributed by atoms with van der Waals surface area (Å²) in [6.07, 6.45) is 0.475. The van der Waals surface area contributed by atoms with Crippen LogP contribution in [0, 0.1) is 13.8 Å². The fourth-order valence-electron chi connectivity index (χ4n) is 2.41. The molecule has 0 saturated heterocycles. The molecule has 0 unspecified atom stereocenters. The topological polar surface area (TPSA) is 54.2 Å². The second kappa shape index (κ2) is 10.3. The van der Waals surface area contributed by atoms with E-state index in [0.717, 1.165) is 22.6 Å². The van der Waals surface area contributed by atoms with Crippen LogP contribution >= 0.6 is 24.0 Å². The summed E-state index contributed by atoms with van der Waals surface area (Å²) >= 11 is 0. The van der Waals surface area contributed by atoms with Crippen LogP contribution in [0.3, 0.4) is 0 Å². The fraction of sp³-hybridized carbons (Fsp3) is 0.412. The molecule has 2 aromatic rings. The standard InChI is InChI=1S/C17H24FN5.HI/c1-13-11-14(2)23(22-13)16-8-5-4-7-15(16)12-21-17(19-3)20-10-6-9-18;/h4-5,7-8,11H,6,9-10,12H2,1-3H3,(H2,19,20,21);1H. The Morgan fingerprint density at radius 3 is 2.62 bits per heavy atom. The van der Waals surface area contributed by atoms with Crippen LogP contribution in [0.5, 0.6) is 0 Å². The first-order valence-electron chi connectivity index (χ1n) is 7.77. The summed E-state index contributed by atoms with van der Waals surface area (Å²) in [5.41, 5.74) is 4.26. The van der Waals surface area contributed by atoms with Crippen LogP contribution in [0.25, 0.3) is 5.69 Å². The molecular formula is C17H25FIN5. The SMILES string of the molecule is CN=C(NCCCF)NCc1ccccc1-n1nc(C)cc1C.I. The molecule has 1 aromatic carbocycles. The van der Waals surface area contributed by atoms with Gasteiger partial charge in [0.05, 0.1) is 18.1 Å². The molecule has 7 heteroatoms. The quantitative estimate of drug-likeness (QED) is 0.311. The first-order chi connectivity index (χ1) is 11.2. The summed E-state index contributed by atoms with van der Waals surface area (Å²) in [6.45, 7) is 4.88. The van der Waals surface area contributed by atoms with Gasteiger partial charge < -0.3 is 10.6 Å². The van der Waals surface area contributed by atoms with Crippen molar-refractivity contribution >= 4 is 29.9 Å². The van der Waals surface area contributed by atoms with Crippen molar-refractivity contribution in [2.45, 2.75) is 26.8 Å². The molecule has 0 bridgehead atoms. The lowest BCUT2D eigenvalue weighted by Crippen LogP contribution is -2.37. The zero-order valence-corrected chi connectivity index (χ0v) is 16.7. The highest BCUT2D eigenvalue weighted by Crippen LogP contribution is 2.16. The number of nitrogens with zero attached hydrogens (tertiary/aromatic N) is 3. The fourth-order valence-corrected chi connectivity index (χ4v) is 2.41. The largest absolute Gasteiger partial charge is 0.356 e. The van der Waals surface area contributed by atoms with Gasteiger partial charge in [-0.15, -0.1) is 24.0 Å². The molecule has 0 aliphatic rings. The van der Waals surface area contributed by atoms with E-state index < -0.39 is 0 Å². The lowest BCUT2D eigenvalue weighted by molar-refractivity contribution is 0.470. The van der Waals surface area contributed by atoms with Gasteiger partial charge in [-0.25, -0.2) is 4.68 Å². The number of aliphatic imine (C=N–C) groups is 1. The minimum atomic E-state index is -0.329. The van der Waals surface area contributed by atoms with Crippen molar-refractivity contribution in [3.8, 4) is 5.69 Å². The third-order valence-electron chi connectivity index (χ3n) is 3.50. The first-order valence-corrected chi connectivity index (χ1v) is 7.77. The number of para-hydroxylation sites is 1. The summed E-state index contributed by atoms with van der Waals surface area (Å²) < 4.78 is 14.1. The normalized spacial score (nSPS) is 11.1. The summed E-state index contributed by atoms with van der Waals surface area (Å²) in [6, 6.07) is 10.2. The number of hydrogen-bond acceptors (Lipinski definition) is 2. The van der Waals surface area contributed by atoms with E-state index in [0.29, 0.717) is 25.5 Å². The van der Waals surface area contributed by atoms with Gasteiger partial charge in [-0.1, -0.05) is 18.2 Å². The second-order valence-corrected chi connectivity index (χ2v) is 5.36. The Bertz CT molecular complexity index is 669. The second-order valence-electron chi connectivity index (χ2n) is 5.36. The lowest BCUT2D eigenvalue weighted by Gasteiger charge is -2.14. The van der Waals surface area contributed by atoms with Gasteiger partial charge in [0.25, 0.3) is 0 Å². The molecule has 0 fully saturated rings. The minimum Gasteiger partial charge on any atom is -0.356 e. The predicted octanol–water partition coefficient (Wildman–Crippen LogP) is 3.13. The van der Waals surface area contributed by atoms with E-state index in [9.17, 15) is 4.39 Å². The number of benzene rings is 1. The van der Waals surface area contributed by atoms with Crippen molar-refractivity contribution in [1.29, 1.82) is 0 Å². The van der Waals surface area contributed by atoms with Gasteiger partial charge in [0, 0.05) is 25.8 Å². The van der Waals surface area contributed by atoms with Crippen molar-refractivity contribution < 1.29 is 4.39 Å². The van der Waals surface area contributed by atoms with Crippen molar-refractivity contribution in [3.05, 3.63) is 47.3 Å². The molecule has 0 aliphatic heterocycles. The molecule has 24 heavy (non-hydrogen) atoms. The van der Waals surface area contributed by atoms with Gasteiger partial charge in [0.2, 0.25) is 0 Å². The molecule has 1 aromatic heterocycles. The Labute approximate surface area is 159 Å². The van der Waals surface area contributed by atoms with E-state index in [2.05, 4.69) is 38.9 Å². The maximum Gasteiger partial charge on any atom is 0.191 e. The molecule has 0 aliphatic carbocycles. The Hall–Kier alpha value is -1.64. The monoisotopic (exact) mass is 445 g/mol. The zero-order valence-electron chi connectivity index (χ0n) is 14.3. The van der Waals surface area contributed by atoms with Crippen LogP contribution in [0.4, 0.5) is 4.39 Å². The number of halogens is 2. The molecule has 0 atom stereocenters. The number of rotatable bonds is 6. The molecule has 0 spiro atoms. The van der Waals surface area contributed by atoms with Crippen LogP contribution < -0.4 is 10.6 Å². The minimum absolute atomic E-state index is 0. The van der Waals surface area contributed by atoms with Gasteiger partial charge in [0.1, 0.15) is 0 Å². The van der Waals surface area contributed by atoms with Crippen molar-refractivity contribution in [3.63, 3.8) is 0 Å². The number of nitrogens with one attached hydrogen (secondary N) is 2. The van der Waals surface area contributed by atoms with Gasteiger partial charge in [-0.05, 0) is 38.0 Å². The highest BCUT2D eigenvalue weighted by atomic mass is 127. The number of aromatic nitrogens is 2. The average molecular weight is 445 g/mol. The van der Waals surface area contributed by atoms with Crippen molar-refractivity contribution in [2.24, 2.45) is 4.99 Å². The summed E-state index contributed by atoms with van der Waals surface area (Å²) in [5, 5.41) is 10.9. The Morgan fingerprint density at radius 1 is 1.25 bits per heavy atom. The van der Waals surface area contributed by atoms with Crippen LogP contribution in [-0.4, -0.2) is 36.0 Å². The molecular weight excluding hydrogens is 420 g/mol. The molecule has 0 amide bonds. The molecule has 0 radical (unpaired) electrons. The van der Waals surface area contributed by atoms with Crippen LogP contribution in [-0.2, 0) is 6.54 Å².